The maximum absolute atomic E-state index is 12.8. The van der Waals surface area contributed by atoms with Crippen LogP contribution in [0, 0.1) is 0 Å². The molecule has 1 aliphatic heterocycles. The number of ether oxygens (including phenoxy) is 1. The van der Waals surface area contributed by atoms with Crippen LogP contribution in [0.5, 0.6) is 0 Å². The van der Waals surface area contributed by atoms with Gasteiger partial charge in [0.05, 0.1) is 5.70 Å². The first kappa shape index (κ1) is 19.6. The van der Waals surface area contributed by atoms with E-state index < -0.39 is 17.9 Å². The zero-order chi connectivity index (χ0) is 19.6. The number of aliphatic hydroxyl groups is 1. The van der Waals surface area contributed by atoms with Crippen LogP contribution in [-0.4, -0.2) is 27.9 Å². The van der Waals surface area contributed by atoms with Gasteiger partial charge < -0.3 is 9.84 Å². The van der Waals surface area contributed by atoms with E-state index in [1.165, 1.54) is 4.90 Å². The van der Waals surface area contributed by atoms with Crippen LogP contribution in [0.2, 0.25) is 0 Å². The normalized spacial score (nSPS) is 20.2. The van der Waals surface area contributed by atoms with Crippen LogP contribution < -0.4 is 0 Å². The van der Waals surface area contributed by atoms with Gasteiger partial charge in [0, 0.05) is 16.8 Å². The second kappa shape index (κ2) is 7.87. The molecule has 3 rings (SSSR count). The van der Waals surface area contributed by atoms with Crippen LogP contribution >= 0.6 is 15.9 Å². The van der Waals surface area contributed by atoms with Crippen molar-refractivity contribution in [1.29, 1.82) is 0 Å². The molecule has 0 aliphatic carbocycles. The number of hydrogen-bond donors (Lipinski definition) is 1. The molecule has 0 spiro atoms. The Kier molecular flexibility index (Phi) is 5.72. The molecule has 1 unspecified atom stereocenters. The summed E-state index contributed by atoms with van der Waals surface area (Å²) in [5.41, 5.74) is 1.98. The smallest absolute Gasteiger partial charge is 0.416 e. The van der Waals surface area contributed by atoms with Crippen molar-refractivity contribution in [2.45, 2.75) is 44.9 Å². The SMILES string of the molecule is CC(C)(C)OC(=O)N1C(c2ccccc2)=C[C@H](c2ccc(Br)cc2)CC1O. The molecule has 1 N–H and O–H groups in total. The van der Waals surface area contributed by atoms with E-state index in [0.29, 0.717) is 12.1 Å². The van der Waals surface area contributed by atoms with Gasteiger partial charge in [0.25, 0.3) is 0 Å². The van der Waals surface area contributed by atoms with Gasteiger partial charge in [0.2, 0.25) is 0 Å². The van der Waals surface area contributed by atoms with Crippen LogP contribution in [0.3, 0.4) is 0 Å². The monoisotopic (exact) mass is 429 g/mol. The number of halogens is 1. The third-order valence-corrected chi connectivity index (χ3v) is 4.87. The van der Waals surface area contributed by atoms with Gasteiger partial charge in [0.15, 0.2) is 0 Å². The fourth-order valence-electron chi connectivity index (χ4n) is 3.15. The second-order valence-electron chi connectivity index (χ2n) is 7.64. The van der Waals surface area contributed by atoms with Gasteiger partial charge in [-0.3, -0.25) is 4.90 Å². The van der Waals surface area contributed by atoms with E-state index in [4.69, 9.17) is 4.74 Å². The summed E-state index contributed by atoms with van der Waals surface area (Å²) in [5, 5.41) is 10.8. The zero-order valence-electron chi connectivity index (χ0n) is 15.7. The molecule has 0 saturated heterocycles. The highest BCUT2D eigenvalue weighted by molar-refractivity contribution is 9.10. The molecule has 27 heavy (non-hydrogen) atoms. The number of nitrogens with zero attached hydrogens (tertiary/aromatic N) is 1. The molecule has 1 heterocycles. The predicted octanol–water partition coefficient (Wildman–Crippen LogP) is 5.53. The van der Waals surface area contributed by atoms with E-state index in [-0.39, 0.29) is 5.92 Å². The minimum atomic E-state index is -0.964. The molecule has 0 aromatic heterocycles. The number of hydrogen-bond acceptors (Lipinski definition) is 3. The minimum Gasteiger partial charge on any atom is -0.443 e. The van der Waals surface area contributed by atoms with Crippen LogP contribution in [0.15, 0.2) is 65.1 Å². The van der Waals surface area contributed by atoms with Crippen molar-refractivity contribution < 1.29 is 14.6 Å². The largest absolute Gasteiger partial charge is 0.443 e. The average Bonchev–Trinajstić information content (AvgIpc) is 2.60. The van der Waals surface area contributed by atoms with Gasteiger partial charge in [-0.25, -0.2) is 4.79 Å². The third-order valence-electron chi connectivity index (χ3n) is 4.34. The number of carbonyl (C=O) groups is 1. The summed E-state index contributed by atoms with van der Waals surface area (Å²) in [6, 6.07) is 17.6. The first-order valence-electron chi connectivity index (χ1n) is 8.97. The fourth-order valence-corrected chi connectivity index (χ4v) is 3.41. The lowest BCUT2D eigenvalue weighted by Gasteiger charge is -2.37. The van der Waals surface area contributed by atoms with Crippen molar-refractivity contribution in [3.05, 3.63) is 76.3 Å². The summed E-state index contributed by atoms with van der Waals surface area (Å²) in [6.07, 6.45) is 0.944. The Morgan fingerprint density at radius 3 is 2.33 bits per heavy atom. The molecule has 1 amide bonds. The summed E-state index contributed by atoms with van der Waals surface area (Å²) >= 11 is 3.45. The highest BCUT2D eigenvalue weighted by Gasteiger charge is 2.36. The molecule has 2 aromatic rings. The summed E-state index contributed by atoms with van der Waals surface area (Å²) in [6.45, 7) is 5.45. The van der Waals surface area contributed by atoms with Gasteiger partial charge in [-0.05, 0) is 44.0 Å². The predicted molar refractivity (Wildman–Crippen MR) is 110 cm³/mol. The molecule has 0 saturated carbocycles. The van der Waals surface area contributed by atoms with Crippen molar-refractivity contribution in [1.82, 2.24) is 4.90 Å². The van der Waals surface area contributed by atoms with Crippen molar-refractivity contribution >= 4 is 27.7 Å². The number of amides is 1. The molecular weight excluding hydrogens is 406 g/mol. The zero-order valence-corrected chi connectivity index (χ0v) is 17.3. The van der Waals surface area contributed by atoms with Crippen molar-refractivity contribution in [2.24, 2.45) is 0 Å². The highest BCUT2D eigenvalue weighted by atomic mass is 79.9. The lowest BCUT2D eigenvalue weighted by Crippen LogP contribution is -2.44. The molecule has 2 aromatic carbocycles. The lowest BCUT2D eigenvalue weighted by atomic mass is 9.89. The molecule has 0 fully saturated rings. The fraction of sp³-hybridized carbons (Fsp3) is 0.318. The summed E-state index contributed by atoms with van der Waals surface area (Å²) in [5.74, 6) is 0.00185. The molecule has 0 radical (unpaired) electrons. The van der Waals surface area contributed by atoms with Crippen LogP contribution in [0.1, 0.15) is 44.2 Å². The van der Waals surface area contributed by atoms with E-state index in [0.717, 1.165) is 15.6 Å². The minimum absolute atomic E-state index is 0.00185. The number of allylic oxidation sites excluding steroid dienone is 1. The quantitative estimate of drug-likeness (QED) is 0.682. The van der Waals surface area contributed by atoms with E-state index in [1.54, 1.807) is 0 Å². The van der Waals surface area contributed by atoms with E-state index >= 15 is 0 Å². The Morgan fingerprint density at radius 2 is 1.74 bits per heavy atom. The molecule has 1 aliphatic rings. The molecule has 142 valence electrons. The van der Waals surface area contributed by atoms with Crippen molar-refractivity contribution in [3.8, 4) is 0 Å². The highest BCUT2D eigenvalue weighted by Crippen LogP contribution is 2.37. The lowest BCUT2D eigenvalue weighted by molar-refractivity contribution is -0.0134. The van der Waals surface area contributed by atoms with Crippen LogP contribution in [0.4, 0.5) is 4.79 Å². The summed E-state index contributed by atoms with van der Waals surface area (Å²) < 4.78 is 6.54. The number of rotatable bonds is 2. The van der Waals surface area contributed by atoms with Gasteiger partial charge in [-0.1, -0.05) is 64.5 Å². The number of carbonyl (C=O) groups excluding carboxylic acids is 1. The first-order chi connectivity index (χ1) is 12.7. The second-order valence-corrected chi connectivity index (χ2v) is 8.56. The third kappa shape index (κ3) is 4.79. The number of aliphatic hydroxyl groups excluding tert-OH is 1. The Hall–Kier alpha value is -2.11. The van der Waals surface area contributed by atoms with Gasteiger partial charge in [0.1, 0.15) is 11.8 Å². The average molecular weight is 430 g/mol. The van der Waals surface area contributed by atoms with Gasteiger partial charge in [-0.2, -0.15) is 0 Å². The standard InChI is InChI=1S/C22H24BrNO3/c1-22(2,3)27-21(26)24-19(16-7-5-4-6-8-16)13-17(14-20(24)25)15-9-11-18(23)12-10-15/h4-13,17,20,25H,14H2,1-3H3/t17-,20?/m0/s1. The Balaban J connectivity index is 2.02. The first-order valence-corrected chi connectivity index (χ1v) is 9.77. The van der Waals surface area contributed by atoms with Gasteiger partial charge in [-0.15, -0.1) is 0 Å². The molecule has 4 nitrogen and oxygen atoms in total. The van der Waals surface area contributed by atoms with Crippen LogP contribution in [-0.2, 0) is 4.74 Å². The van der Waals surface area contributed by atoms with E-state index in [9.17, 15) is 9.90 Å². The summed E-state index contributed by atoms with van der Waals surface area (Å²) in [4.78, 5) is 14.1. The Bertz CT molecular complexity index is 825. The maximum atomic E-state index is 12.8. The van der Waals surface area contributed by atoms with Crippen LogP contribution in [0.25, 0.3) is 5.70 Å². The number of benzene rings is 2. The summed E-state index contributed by atoms with van der Waals surface area (Å²) in [7, 11) is 0. The molecule has 2 atom stereocenters. The molecule has 0 bridgehead atoms. The molecular formula is C22H24BrNO3. The Morgan fingerprint density at radius 1 is 1.11 bits per heavy atom. The maximum Gasteiger partial charge on any atom is 0.416 e. The van der Waals surface area contributed by atoms with Crippen molar-refractivity contribution in [2.75, 3.05) is 0 Å². The topological polar surface area (TPSA) is 49.8 Å². The molecule has 5 heteroatoms. The Labute approximate surface area is 168 Å². The van der Waals surface area contributed by atoms with E-state index in [2.05, 4.69) is 15.9 Å². The van der Waals surface area contributed by atoms with Crippen molar-refractivity contribution in [3.63, 3.8) is 0 Å². The van der Waals surface area contributed by atoms with E-state index in [1.807, 2.05) is 81.4 Å². The van der Waals surface area contributed by atoms with Gasteiger partial charge >= 0.3 is 6.09 Å².